The molecule has 0 saturated carbocycles. The van der Waals surface area contributed by atoms with Gasteiger partial charge in [0.25, 0.3) is 6.43 Å². The van der Waals surface area contributed by atoms with E-state index in [9.17, 15) is 13.6 Å². The van der Waals surface area contributed by atoms with E-state index in [4.69, 9.17) is 0 Å². The first-order chi connectivity index (χ1) is 4.74. The minimum absolute atomic E-state index is 0.0768. The Morgan fingerprint density at radius 3 is 2.60 bits per heavy atom. The Balaban J connectivity index is 2.88. The minimum Gasteiger partial charge on any atom is -0.297 e. The van der Waals surface area contributed by atoms with Gasteiger partial charge in [0, 0.05) is 10.9 Å². The number of alkyl halides is 2. The van der Waals surface area contributed by atoms with Crippen molar-refractivity contribution in [2.24, 2.45) is 0 Å². The summed E-state index contributed by atoms with van der Waals surface area (Å²) in [6, 6.07) is 1.20. The third-order valence-electron chi connectivity index (χ3n) is 1.01. The van der Waals surface area contributed by atoms with Crippen LogP contribution in [-0.4, -0.2) is 6.29 Å². The van der Waals surface area contributed by atoms with Gasteiger partial charge in [-0.15, -0.1) is 11.3 Å². The van der Waals surface area contributed by atoms with Crippen LogP contribution in [0, 0.1) is 0 Å². The minimum atomic E-state index is -2.47. The molecule has 0 unspecified atom stereocenters. The highest BCUT2D eigenvalue weighted by atomic mass is 32.1. The Morgan fingerprint density at radius 2 is 2.30 bits per heavy atom. The molecular weight excluding hydrogens is 158 g/mol. The molecule has 0 aromatic carbocycles. The normalized spacial score (nSPS) is 10.3. The van der Waals surface area contributed by atoms with E-state index in [0.717, 1.165) is 11.3 Å². The SMILES string of the molecule is O=Cc1cc(C(F)F)cs1. The molecule has 0 fully saturated rings. The van der Waals surface area contributed by atoms with Crippen molar-refractivity contribution in [3.05, 3.63) is 21.9 Å². The van der Waals surface area contributed by atoms with E-state index in [2.05, 4.69) is 0 Å². The predicted octanol–water partition coefficient (Wildman–Crippen LogP) is 2.50. The predicted molar refractivity (Wildman–Crippen MR) is 34.7 cm³/mol. The second kappa shape index (κ2) is 2.88. The number of thiophene rings is 1. The van der Waals surface area contributed by atoms with E-state index < -0.39 is 6.43 Å². The zero-order chi connectivity index (χ0) is 7.56. The lowest BCUT2D eigenvalue weighted by molar-refractivity contribution is 0.112. The van der Waals surface area contributed by atoms with Crippen LogP contribution in [0.2, 0.25) is 0 Å². The monoisotopic (exact) mass is 162 g/mol. The molecule has 1 heterocycles. The number of rotatable bonds is 2. The maximum atomic E-state index is 11.8. The number of aldehydes is 1. The van der Waals surface area contributed by atoms with E-state index in [1.807, 2.05) is 0 Å². The molecule has 4 heteroatoms. The van der Waals surface area contributed by atoms with E-state index in [-0.39, 0.29) is 5.56 Å². The number of hydrogen-bond donors (Lipinski definition) is 0. The Morgan fingerprint density at radius 1 is 1.60 bits per heavy atom. The second-order valence-electron chi connectivity index (χ2n) is 1.70. The first-order valence-corrected chi connectivity index (χ1v) is 3.43. The summed E-state index contributed by atoms with van der Waals surface area (Å²) in [4.78, 5) is 10.4. The zero-order valence-electron chi connectivity index (χ0n) is 4.88. The number of hydrogen-bond acceptors (Lipinski definition) is 2. The van der Waals surface area contributed by atoms with Gasteiger partial charge < -0.3 is 0 Å². The molecule has 0 aliphatic carbocycles. The lowest BCUT2D eigenvalue weighted by Crippen LogP contribution is -1.76. The molecule has 1 nitrogen and oxygen atoms in total. The van der Waals surface area contributed by atoms with Gasteiger partial charge in [-0.25, -0.2) is 8.78 Å². The van der Waals surface area contributed by atoms with Crippen LogP contribution in [0.4, 0.5) is 8.78 Å². The molecule has 0 spiro atoms. The first-order valence-electron chi connectivity index (χ1n) is 2.56. The fraction of sp³-hybridized carbons (Fsp3) is 0.167. The summed E-state index contributed by atoms with van der Waals surface area (Å²) in [6.45, 7) is 0. The molecule has 10 heavy (non-hydrogen) atoms. The third kappa shape index (κ3) is 1.39. The van der Waals surface area contributed by atoms with Gasteiger partial charge in [-0.05, 0) is 6.07 Å². The molecule has 0 N–H and O–H groups in total. The molecule has 0 amide bonds. The van der Waals surface area contributed by atoms with Crippen molar-refractivity contribution < 1.29 is 13.6 Å². The highest BCUT2D eigenvalue weighted by Crippen LogP contribution is 2.23. The van der Waals surface area contributed by atoms with Crippen molar-refractivity contribution in [3.8, 4) is 0 Å². The Bertz CT molecular complexity index is 231. The van der Waals surface area contributed by atoms with Crippen molar-refractivity contribution in [1.29, 1.82) is 0 Å². The Kier molecular flexibility index (Phi) is 2.11. The van der Waals surface area contributed by atoms with Crippen LogP contribution in [0.3, 0.4) is 0 Å². The summed E-state index contributed by atoms with van der Waals surface area (Å²) in [7, 11) is 0. The fourth-order valence-corrected chi connectivity index (χ4v) is 1.25. The van der Waals surface area contributed by atoms with Crippen molar-refractivity contribution in [2.75, 3.05) is 0 Å². The number of carbonyl (C=O) groups is 1. The summed E-state index contributed by atoms with van der Waals surface area (Å²) in [5.41, 5.74) is -0.0768. The molecule has 0 radical (unpaired) electrons. The molecule has 0 aliphatic heterocycles. The molecular formula is C6H4F2OS. The average Bonchev–Trinajstić information content (AvgIpc) is 2.34. The topological polar surface area (TPSA) is 17.1 Å². The van der Waals surface area contributed by atoms with Crippen molar-refractivity contribution in [3.63, 3.8) is 0 Å². The fourth-order valence-electron chi connectivity index (χ4n) is 0.545. The summed E-state index contributed by atoms with van der Waals surface area (Å²) in [5.74, 6) is 0. The molecule has 0 saturated heterocycles. The van der Waals surface area contributed by atoms with Crippen molar-refractivity contribution in [1.82, 2.24) is 0 Å². The molecule has 1 rings (SSSR count). The smallest absolute Gasteiger partial charge is 0.264 e. The van der Waals surface area contributed by atoms with Crippen molar-refractivity contribution >= 4 is 17.6 Å². The van der Waals surface area contributed by atoms with Crippen LogP contribution in [0.5, 0.6) is 0 Å². The molecule has 1 aromatic rings. The third-order valence-corrected chi connectivity index (χ3v) is 1.88. The van der Waals surface area contributed by atoms with Crippen LogP contribution in [0.1, 0.15) is 21.7 Å². The summed E-state index contributed by atoms with van der Waals surface area (Å²) in [6.07, 6.45) is -1.90. The average molecular weight is 162 g/mol. The van der Waals surface area contributed by atoms with Gasteiger partial charge in [0.05, 0.1) is 4.88 Å². The van der Waals surface area contributed by atoms with Crippen molar-refractivity contribution in [2.45, 2.75) is 6.43 Å². The highest BCUT2D eigenvalue weighted by molar-refractivity contribution is 7.11. The van der Waals surface area contributed by atoms with Gasteiger partial charge in [-0.2, -0.15) is 0 Å². The van der Waals surface area contributed by atoms with Gasteiger partial charge in [0.15, 0.2) is 6.29 Å². The first kappa shape index (κ1) is 7.34. The van der Waals surface area contributed by atoms with Crippen LogP contribution >= 0.6 is 11.3 Å². The maximum absolute atomic E-state index is 11.8. The Hall–Kier alpha value is -0.770. The number of carbonyl (C=O) groups excluding carboxylic acids is 1. The van der Waals surface area contributed by atoms with Crippen LogP contribution in [-0.2, 0) is 0 Å². The second-order valence-corrected chi connectivity index (χ2v) is 2.64. The highest BCUT2D eigenvalue weighted by Gasteiger charge is 2.08. The standard InChI is InChI=1S/C6H4F2OS/c7-6(8)4-1-5(2-9)10-3-4/h1-3,6H. The van der Waals surface area contributed by atoms with Crippen LogP contribution in [0.15, 0.2) is 11.4 Å². The molecule has 1 aromatic heterocycles. The van der Waals surface area contributed by atoms with Gasteiger partial charge in [0.1, 0.15) is 0 Å². The van der Waals surface area contributed by atoms with E-state index in [0.29, 0.717) is 11.2 Å². The van der Waals surface area contributed by atoms with Gasteiger partial charge in [-0.1, -0.05) is 0 Å². The largest absolute Gasteiger partial charge is 0.297 e. The summed E-state index contributed by atoms with van der Waals surface area (Å²) >= 11 is 1.03. The quantitative estimate of drug-likeness (QED) is 0.610. The van der Waals surface area contributed by atoms with Gasteiger partial charge in [0.2, 0.25) is 0 Å². The van der Waals surface area contributed by atoms with Crippen LogP contribution in [0.25, 0.3) is 0 Å². The molecule has 0 atom stereocenters. The molecule has 0 aliphatic rings. The summed E-state index contributed by atoms with van der Waals surface area (Å²) < 4.78 is 23.6. The van der Waals surface area contributed by atoms with E-state index >= 15 is 0 Å². The molecule has 0 bridgehead atoms. The lowest BCUT2D eigenvalue weighted by Gasteiger charge is -1.88. The van der Waals surface area contributed by atoms with E-state index in [1.54, 1.807) is 0 Å². The number of halogens is 2. The lowest BCUT2D eigenvalue weighted by atomic mass is 10.3. The van der Waals surface area contributed by atoms with Gasteiger partial charge in [-0.3, -0.25) is 4.79 Å². The maximum Gasteiger partial charge on any atom is 0.264 e. The summed E-state index contributed by atoms with van der Waals surface area (Å²) in [5, 5.41) is 1.29. The Labute approximate surface area is 60.3 Å². The van der Waals surface area contributed by atoms with Gasteiger partial charge >= 0.3 is 0 Å². The molecule has 54 valence electrons. The van der Waals surface area contributed by atoms with Crippen LogP contribution < -0.4 is 0 Å². The van der Waals surface area contributed by atoms with E-state index in [1.165, 1.54) is 11.4 Å². The zero-order valence-corrected chi connectivity index (χ0v) is 5.70.